The molecule has 7 nitrogen and oxygen atoms in total. The highest BCUT2D eigenvalue weighted by atomic mass is 16.5. The number of amides is 3. The molecular weight excluding hydrogens is 432 g/mol. The molecule has 4 rings (SSSR count). The van der Waals surface area contributed by atoms with Crippen LogP contribution < -0.4 is 5.32 Å². The number of carbonyl (C=O) groups is 4. The third kappa shape index (κ3) is 4.73. The second-order valence-electron chi connectivity index (χ2n) is 8.01. The minimum atomic E-state index is -1.14. The first kappa shape index (κ1) is 22.9. The number of nitrogens with zero attached hydrogens (tertiary/aromatic N) is 1. The molecule has 34 heavy (non-hydrogen) atoms. The number of hydrogen-bond donors (Lipinski definition) is 1. The molecule has 3 amide bonds. The molecule has 1 aliphatic rings. The van der Waals surface area contributed by atoms with Crippen LogP contribution in [0.15, 0.2) is 84.9 Å². The minimum absolute atomic E-state index is 0.109. The lowest BCUT2D eigenvalue weighted by Gasteiger charge is -2.27. The number of carbonyl (C=O) groups excluding carboxylic acids is 4. The standard InChI is InChI=1S/C27H24N2O5/c1-34-27(33)22(16-18-10-4-2-5-11-18)28-24(30)23(17-19-12-6-3-7-13-19)29-25(31)20-14-8-9-15-21(20)26(29)32/h2-15,22-23H,16-17H2,1H3,(H,28,30). The van der Waals surface area contributed by atoms with Crippen LogP contribution in [0.25, 0.3) is 0 Å². The van der Waals surface area contributed by atoms with Crippen LogP contribution in [0.3, 0.4) is 0 Å². The molecule has 1 heterocycles. The molecule has 1 aliphatic heterocycles. The SMILES string of the molecule is COC(=O)C(Cc1ccccc1)NC(=O)C(Cc1ccccc1)N1C(=O)c2ccccc2C1=O. The van der Waals surface area contributed by atoms with Gasteiger partial charge >= 0.3 is 5.97 Å². The highest BCUT2D eigenvalue weighted by Crippen LogP contribution is 2.26. The fraction of sp³-hybridized carbons (Fsp3) is 0.185. The molecule has 0 aromatic heterocycles. The quantitative estimate of drug-likeness (QED) is 0.416. The summed E-state index contributed by atoms with van der Waals surface area (Å²) in [6.07, 6.45) is 0.316. The normalized spacial score (nSPS) is 14.3. The van der Waals surface area contributed by atoms with Crippen LogP contribution in [0.2, 0.25) is 0 Å². The molecule has 172 valence electrons. The van der Waals surface area contributed by atoms with Crippen LogP contribution in [0.5, 0.6) is 0 Å². The zero-order chi connectivity index (χ0) is 24.1. The predicted octanol–water partition coefficient (Wildman–Crippen LogP) is 2.79. The number of methoxy groups -OCH3 is 1. The van der Waals surface area contributed by atoms with E-state index in [9.17, 15) is 19.2 Å². The van der Waals surface area contributed by atoms with Gasteiger partial charge in [0.1, 0.15) is 12.1 Å². The molecule has 7 heteroatoms. The van der Waals surface area contributed by atoms with Crippen LogP contribution in [0.4, 0.5) is 0 Å². The van der Waals surface area contributed by atoms with Crippen LogP contribution in [-0.4, -0.2) is 47.8 Å². The van der Waals surface area contributed by atoms with Gasteiger partial charge in [-0.1, -0.05) is 72.8 Å². The van der Waals surface area contributed by atoms with Crippen LogP contribution in [-0.2, 0) is 27.2 Å². The summed E-state index contributed by atoms with van der Waals surface area (Å²) in [4.78, 5) is 53.3. The first-order valence-corrected chi connectivity index (χ1v) is 10.9. The lowest BCUT2D eigenvalue weighted by atomic mass is 10.0. The molecular formula is C27H24N2O5. The lowest BCUT2D eigenvalue weighted by Crippen LogP contribution is -2.54. The Morgan fingerprint density at radius 1 is 0.765 bits per heavy atom. The molecule has 3 aromatic carbocycles. The van der Waals surface area contributed by atoms with Gasteiger partial charge in [0.25, 0.3) is 11.8 Å². The monoisotopic (exact) mass is 456 g/mol. The summed E-state index contributed by atoms with van der Waals surface area (Å²) < 4.78 is 4.90. The van der Waals surface area contributed by atoms with E-state index in [0.717, 1.165) is 16.0 Å². The second kappa shape index (κ2) is 10.1. The lowest BCUT2D eigenvalue weighted by molar-refractivity contribution is -0.145. The van der Waals surface area contributed by atoms with Crippen LogP contribution in [0.1, 0.15) is 31.8 Å². The zero-order valence-corrected chi connectivity index (χ0v) is 18.6. The van der Waals surface area contributed by atoms with E-state index >= 15 is 0 Å². The van der Waals surface area contributed by atoms with Crippen molar-refractivity contribution in [2.24, 2.45) is 0 Å². The van der Waals surface area contributed by atoms with Crippen molar-refractivity contribution in [1.82, 2.24) is 10.2 Å². The van der Waals surface area contributed by atoms with Crippen molar-refractivity contribution in [3.63, 3.8) is 0 Å². The highest BCUT2D eigenvalue weighted by molar-refractivity contribution is 6.22. The van der Waals surface area contributed by atoms with Crippen molar-refractivity contribution in [2.45, 2.75) is 24.9 Å². The van der Waals surface area contributed by atoms with Crippen molar-refractivity contribution in [2.75, 3.05) is 7.11 Å². The molecule has 0 spiro atoms. The van der Waals surface area contributed by atoms with Crippen molar-refractivity contribution in [1.29, 1.82) is 0 Å². The smallest absolute Gasteiger partial charge is 0.328 e. The fourth-order valence-electron chi connectivity index (χ4n) is 4.08. The third-order valence-corrected chi connectivity index (χ3v) is 5.80. The van der Waals surface area contributed by atoms with E-state index in [0.29, 0.717) is 0 Å². The molecule has 0 aliphatic carbocycles. The van der Waals surface area contributed by atoms with Gasteiger partial charge in [0.2, 0.25) is 5.91 Å². The molecule has 0 radical (unpaired) electrons. The van der Waals surface area contributed by atoms with Crippen LogP contribution in [0, 0.1) is 0 Å². The van der Waals surface area contributed by atoms with E-state index < -0.39 is 35.8 Å². The van der Waals surface area contributed by atoms with E-state index in [1.165, 1.54) is 7.11 Å². The molecule has 0 saturated carbocycles. The third-order valence-electron chi connectivity index (χ3n) is 5.80. The number of esters is 1. The summed E-state index contributed by atoms with van der Waals surface area (Å²) >= 11 is 0. The number of nitrogens with one attached hydrogen (secondary N) is 1. The Labute approximate surface area is 197 Å². The van der Waals surface area contributed by atoms with E-state index in [-0.39, 0.29) is 24.0 Å². The van der Waals surface area contributed by atoms with Crippen molar-refractivity contribution in [3.05, 3.63) is 107 Å². The Kier molecular flexibility index (Phi) is 6.82. The Morgan fingerprint density at radius 2 is 1.24 bits per heavy atom. The summed E-state index contributed by atoms with van der Waals surface area (Å²) in [5, 5.41) is 2.72. The molecule has 0 fully saturated rings. The molecule has 2 atom stereocenters. The van der Waals surface area contributed by atoms with Gasteiger partial charge in [-0.05, 0) is 23.3 Å². The van der Waals surface area contributed by atoms with Gasteiger partial charge in [-0.25, -0.2) is 4.79 Å². The summed E-state index contributed by atoms with van der Waals surface area (Å²) in [6, 6.07) is 22.7. The Balaban J connectivity index is 1.64. The maximum atomic E-state index is 13.5. The summed E-state index contributed by atoms with van der Waals surface area (Å²) in [6.45, 7) is 0. The van der Waals surface area contributed by atoms with Gasteiger partial charge in [0.15, 0.2) is 0 Å². The summed E-state index contributed by atoms with van der Waals surface area (Å²) in [5.74, 6) is -2.29. The largest absolute Gasteiger partial charge is 0.467 e. The van der Waals surface area contributed by atoms with E-state index in [2.05, 4.69) is 5.32 Å². The number of imide groups is 1. The zero-order valence-electron chi connectivity index (χ0n) is 18.6. The minimum Gasteiger partial charge on any atom is -0.467 e. The highest BCUT2D eigenvalue weighted by Gasteiger charge is 2.43. The maximum Gasteiger partial charge on any atom is 0.328 e. The number of fused-ring (bicyclic) bond motifs is 1. The van der Waals surface area contributed by atoms with Gasteiger partial charge < -0.3 is 10.1 Å². The number of benzene rings is 3. The average molecular weight is 456 g/mol. The topological polar surface area (TPSA) is 92.8 Å². The van der Waals surface area contributed by atoms with E-state index in [1.807, 2.05) is 60.7 Å². The summed E-state index contributed by atoms with van der Waals surface area (Å²) in [5.41, 5.74) is 2.12. The fourth-order valence-corrected chi connectivity index (χ4v) is 4.08. The Hall–Kier alpha value is -4.26. The Bertz CT molecular complexity index is 1170. The van der Waals surface area contributed by atoms with Crippen molar-refractivity contribution < 1.29 is 23.9 Å². The first-order chi connectivity index (χ1) is 16.5. The Morgan fingerprint density at radius 3 is 1.74 bits per heavy atom. The van der Waals surface area contributed by atoms with E-state index in [1.54, 1.807) is 24.3 Å². The number of rotatable bonds is 8. The van der Waals surface area contributed by atoms with Crippen LogP contribution >= 0.6 is 0 Å². The van der Waals surface area contributed by atoms with E-state index in [4.69, 9.17) is 4.74 Å². The molecule has 2 unspecified atom stereocenters. The number of hydrogen-bond acceptors (Lipinski definition) is 5. The molecule has 1 N–H and O–H groups in total. The van der Waals surface area contributed by atoms with Crippen molar-refractivity contribution >= 4 is 23.7 Å². The second-order valence-corrected chi connectivity index (χ2v) is 8.01. The van der Waals surface area contributed by atoms with Gasteiger partial charge in [0.05, 0.1) is 18.2 Å². The summed E-state index contributed by atoms with van der Waals surface area (Å²) in [7, 11) is 1.25. The molecule has 3 aromatic rings. The predicted molar refractivity (Wildman–Crippen MR) is 125 cm³/mol. The average Bonchev–Trinajstić information content (AvgIpc) is 3.12. The first-order valence-electron chi connectivity index (χ1n) is 10.9. The van der Waals surface area contributed by atoms with Gasteiger partial charge in [-0.3, -0.25) is 19.3 Å². The molecule has 0 saturated heterocycles. The van der Waals surface area contributed by atoms with Crippen molar-refractivity contribution in [3.8, 4) is 0 Å². The van der Waals surface area contributed by atoms with Gasteiger partial charge in [0, 0.05) is 12.8 Å². The maximum absolute atomic E-state index is 13.5. The molecule has 0 bridgehead atoms. The van der Waals surface area contributed by atoms with Gasteiger partial charge in [-0.2, -0.15) is 0 Å². The van der Waals surface area contributed by atoms with Gasteiger partial charge in [-0.15, -0.1) is 0 Å². The number of ether oxygens (including phenoxy) is 1.